The number of hydrogen-bond acceptors (Lipinski definition) is 2. The van der Waals surface area contributed by atoms with E-state index < -0.39 is 6.10 Å². The van der Waals surface area contributed by atoms with Gasteiger partial charge in [-0.05, 0) is 25.0 Å². The molecule has 1 aromatic rings. The summed E-state index contributed by atoms with van der Waals surface area (Å²) >= 11 is 0. The highest BCUT2D eigenvalue weighted by Crippen LogP contribution is 2.28. The predicted molar refractivity (Wildman–Crippen MR) is 65.1 cm³/mol. The lowest BCUT2D eigenvalue weighted by molar-refractivity contribution is 0.194. The summed E-state index contributed by atoms with van der Waals surface area (Å²) in [6.45, 7) is 6.64. The van der Waals surface area contributed by atoms with Gasteiger partial charge in [0.05, 0.1) is 6.10 Å². The summed E-state index contributed by atoms with van der Waals surface area (Å²) in [6, 6.07) is 4.90. The van der Waals surface area contributed by atoms with Crippen LogP contribution in [0.25, 0.3) is 0 Å². The molecule has 0 aromatic heterocycles. The SMILES string of the molecule is CC(C)CN(C)c1cccc(F)c1[C@H](C)O. The van der Waals surface area contributed by atoms with E-state index >= 15 is 0 Å². The van der Waals surface area contributed by atoms with Crippen LogP contribution in [0.3, 0.4) is 0 Å². The Labute approximate surface area is 96.7 Å². The van der Waals surface area contributed by atoms with Gasteiger partial charge in [-0.3, -0.25) is 0 Å². The van der Waals surface area contributed by atoms with Gasteiger partial charge in [0, 0.05) is 24.8 Å². The fraction of sp³-hybridized carbons (Fsp3) is 0.538. The summed E-state index contributed by atoms with van der Waals surface area (Å²) in [7, 11) is 1.92. The Morgan fingerprint density at radius 3 is 2.44 bits per heavy atom. The first-order valence-corrected chi connectivity index (χ1v) is 5.61. The van der Waals surface area contributed by atoms with E-state index in [0.717, 1.165) is 12.2 Å². The third-order valence-corrected chi connectivity index (χ3v) is 2.50. The number of nitrogens with zero attached hydrogens (tertiary/aromatic N) is 1. The standard InChI is InChI=1S/C13H20FNO/c1-9(2)8-15(4)12-7-5-6-11(14)13(12)10(3)16/h5-7,9-10,16H,8H2,1-4H3/t10-/m0/s1. The molecule has 3 heteroatoms. The number of benzene rings is 1. The van der Waals surface area contributed by atoms with E-state index in [1.165, 1.54) is 6.07 Å². The molecule has 0 unspecified atom stereocenters. The van der Waals surface area contributed by atoms with E-state index in [0.29, 0.717) is 11.5 Å². The molecule has 0 fully saturated rings. The summed E-state index contributed by atoms with van der Waals surface area (Å²) in [5, 5.41) is 9.60. The maximum atomic E-state index is 13.6. The molecule has 1 rings (SSSR count). The van der Waals surface area contributed by atoms with Gasteiger partial charge in [-0.25, -0.2) is 4.39 Å². The number of aliphatic hydroxyl groups is 1. The Kier molecular flexibility index (Phi) is 4.30. The quantitative estimate of drug-likeness (QED) is 0.851. The summed E-state index contributed by atoms with van der Waals surface area (Å²) < 4.78 is 13.6. The second-order valence-corrected chi connectivity index (χ2v) is 4.62. The van der Waals surface area contributed by atoms with Crippen LogP contribution in [0.15, 0.2) is 18.2 Å². The van der Waals surface area contributed by atoms with Crippen molar-refractivity contribution in [2.75, 3.05) is 18.5 Å². The monoisotopic (exact) mass is 225 g/mol. The molecule has 0 aliphatic rings. The average molecular weight is 225 g/mol. The Hall–Kier alpha value is -1.09. The number of anilines is 1. The minimum Gasteiger partial charge on any atom is -0.389 e. The first-order valence-electron chi connectivity index (χ1n) is 5.61. The lowest BCUT2D eigenvalue weighted by Crippen LogP contribution is -2.24. The van der Waals surface area contributed by atoms with Gasteiger partial charge in [0.1, 0.15) is 5.82 Å². The fourth-order valence-corrected chi connectivity index (χ4v) is 1.92. The van der Waals surface area contributed by atoms with Crippen LogP contribution in [0, 0.1) is 11.7 Å². The average Bonchev–Trinajstić information content (AvgIpc) is 2.15. The minimum absolute atomic E-state index is 0.344. The van der Waals surface area contributed by atoms with Gasteiger partial charge in [-0.15, -0.1) is 0 Å². The molecular weight excluding hydrogens is 205 g/mol. The first kappa shape index (κ1) is 13.0. The zero-order valence-electron chi connectivity index (χ0n) is 10.4. The smallest absolute Gasteiger partial charge is 0.131 e. The topological polar surface area (TPSA) is 23.5 Å². The summed E-state index contributed by atoms with van der Waals surface area (Å²) in [4.78, 5) is 1.98. The maximum absolute atomic E-state index is 13.6. The molecular formula is C13H20FNO. The highest BCUT2D eigenvalue weighted by atomic mass is 19.1. The van der Waals surface area contributed by atoms with Crippen LogP contribution >= 0.6 is 0 Å². The summed E-state index contributed by atoms with van der Waals surface area (Å²) in [5.41, 5.74) is 1.15. The Morgan fingerprint density at radius 2 is 1.94 bits per heavy atom. The van der Waals surface area contributed by atoms with Gasteiger partial charge in [-0.2, -0.15) is 0 Å². The van der Waals surface area contributed by atoms with Crippen molar-refractivity contribution in [3.63, 3.8) is 0 Å². The molecule has 0 aliphatic heterocycles. The van der Waals surface area contributed by atoms with Crippen LogP contribution < -0.4 is 4.90 Å². The predicted octanol–water partition coefficient (Wildman–Crippen LogP) is 2.97. The molecule has 1 aromatic carbocycles. The van der Waals surface area contributed by atoms with Crippen LogP contribution in [0.4, 0.5) is 10.1 Å². The van der Waals surface area contributed by atoms with Gasteiger partial charge in [-0.1, -0.05) is 19.9 Å². The molecule has 0 saturated heterocycles. The van der Waals surface area contributed by atoms with E-state index in [-0.39, 0.29) is 5.82 Å². The Balaban J connectivity index is 3.07. The molecule has 0 bridgehead atoms. The normalized spacial score (nSPS) is 12.9. The minimum atomic E-state index is -0.786. The van der Waals surface area contributed by atoms with Crippen molar-refractivity contribution in [1.82, 2.24) is 0 Å². The Morgan fingerprint density at radius 1 is 1.31 bits per heavy atom. The summed E-state index contributed by atoms with van der Waals surface area (Å²) in [5.74, 6) is 0.151. The van der Waals surface area contributed by atoms with Crippen molar-refractivity contribution in [2.45, 2.75) is 26.9 Å². The molecule has 16 heavy (non-hydrogen) atoms. The molecule has 0 radical (unpaired) electrons. The van der Waals surface area contributed by atoms with Crippen molar-refractivity contribution in [2.24, 2.45) is 5.92 Å². The highest BCUT2D eigenvalue weighted by Gasteiger charge is 2.16. The molecule has 1 N–H and O–H groups in total. The third-order valence-electron chi connectivity index (χ3n) is 2.50. The fourth-order valence-electron chi connectivity index (χ4n) is 1.92. The van der Waals surface area contributed by atoms with Gasteiger partial charge in [0.25, 0.3) is 0 Å². The van der Waals surface area contributed by atoms with Crippen LogP contribution in [-0.2, 0) is 0 Å². The number of aliphatic hydroxyl groups excluding tert-OH is 1. The third kappa shape index (κ3) is 2.95. The zero-order valence-corrected chi connectivity index (χ0v) is 10.4. The van der Waals surface area contributed by atoms with Crippen molar-refractivity contribution < 1.29 is 9.50 Å². The van der Waals surface area contributed by atoms with E-state index in [1.807, 2.05) is 18.0 Å². The largest absolute Gasteiger partial charge is 0.389 e. The Bertz CT molecular complexity index is 350. The lowest BCUT2D eigenvalue weighted by Gasteiger charge is -2.25. The molecule has 0 amide bonds. The zero-order chi connectivity index (χ0) is 12.3. The molecule has 2 nitrogen and oxygen atoms in total. The molecule has 0 spiro atoms. The van der Waals surface area contributed by atoms with E-state index in [1.54, 1.807) is 13.0 Å². The van der Waals surface area contributed by atoms with Crippen molar-refractivity contribution in [1.29, 1.82) is 0 Å². The van der Waals surface area contributed by atoms with E-state index in [9.17, 15) is 9.50 Å². The van der Waals surface area contributed by atoms with Gasteiger partial charge in [0.15, 0.2) is 0 Å². The van der Waals surface area contributed by atoms with E-state index in [4.69, 9.17) is 0 Å². The molecule has 0 aliphatic carbocycles. The van der Waals surface area contributed by atoms with E-state index in [2.05, 4.69) is 13.8 Å². The lowest BCUT2D eigenvalue weighted by atomic mass is 10.1. The second-order valence-electron chi connectivity index (χ2n) is 4.62. The first-order chi connectivity index (χ1) is 7.43. The number of rotatable bonds is 4. The maximum Gasteiger partial charge on any atom is 0.131 e. The van der Waals surface area contributed by atoms with Crippen LogP contribution in [0.2, 0.25) is 0 Å². The van der Waals surface area contributed by atoms with Crippen molar-refractivity contribution >= 4 is 5.69 Å². The summed E-state index contributed by atoms with van der Waals surface area (Å²) in [6.07, 6.45) is -0.786. The van der Waals surface area contributed by atoms with Gasteiger partial charge < -0.3 is 10.0 Å². The molecule has 90 valence electrons. The van der Waals surface area contributed by atoms with Crippen molar-refractivity contribution in [3.05, 3.63) is 29.6 Å². The van der Waals surface area contributed by atoms with Crippen LogP contribution in [-0.4, -0.2) is 18.7 Å². The van der Waals surface area contributed by atoms with Crippen LogP contribution in [0.1, 0.15) is 32.4 Å². The molecule has 1 atom stereocenters. The number of hydrogen-bond donors (Lipinski definition) is 1. The molecule has 0 heterocycles. The highest BCUT2D eigenvalue weighted by molar-refractivity contribution is 5.54. The van der Waals surface area contributed by atoms with Crippen molar-refractivity contribution in [3.8, 4) is 0 Å². The molecule has 0 saturated carbocycles. The van der Waals surface area contributed by atoms with Gasteiger partial charge >= 0.3 is 0 Å². The second kappa shape index (κ2) is 5.30. The van der Waals surface area contributed by atoms with Crippen LogP contribution in [0.5, 0.6) is 0 Å². The number of halogens is 1. The van der Waals surface area contributed by atoms with Gasteiger partial charge in [0.2, 0.25) is 0 Å².